The Hall–Kier alpha value is -0.730. The molecule has 0 amide bonds. The van der Waals surface area contributed by atoms with Gasteiger partial charge in [-0.15, -0.1) is 0 Å². The summed E-state index contributed by atoms with van der Waals surface area (Å²) in [6.45, 7) is 10.3. The Balaban J connectivity index is 0.000000741. The highest BCUT2D eigenvalue weighted by atomic mass is 35.5. The van der Waals surface area contributed by atoms with E-state index < -0.39 is 0 Å². The number of anilines is 1. The lowest BCUT2D eigenvalue weighted by Crippen LogP contribution is -2.36. The quantitative estimate of drug-likeness (QED) is 0.831. The molecule has 1 aliphatic heterocycles. The number of halogens is 1. The number of likely N-dealkylation sites (tertiary alicyclic amines) is 1. The van der Waals surface area contributed by atoms with E-state index in [4.69, 9.17) is 11.6 Å². The third kappa shape index (κ3) is 6.84. The first-order valence-electron chi connectivity index (χ1n) is 7.45. The van der Waals surface area contributed by atoms with Gasteiger partial charge in [0.2, 0.25) is 0 Å². The predicted octanol–water partition coefficient (Wildman–Crippen LogP) is 4.90. The molecular weight excluding hydrogens is 256 g/mol. The van der Waals surface area contributed by atoms with Crippen LogP contribution in [0.2, 0.25) is 5.02 Å². The molecule has 3 heteroatoms. The van der Waals surface area contributed by atoms with Gasteiger partial charge >= 0.3 is 0 Å². The van der Waals surface area contributed by atoms with Crippen LogP contribution >= 0.6 is 11.6 Å². The highest BCUT2D eigenvalue weighted by Crippen LogP contribution is 2.23. The topological polar surface area (TPSA) is 15.3 Å². The molecule has 0 radical (unpaired) electrons. The zero-order valence-electron chi connectivity index (χ0n) is 13.0. The van der Waals surface area contributed by atoms with Crippen LogP contribution in [-0.2, 0) is 0 Å². The summed E-state index contributed by atoms with van der Waals surface area (Å²) < 4.78 is 0. The maximum absolute atomic E-state index is 6.10. The van der Waals surface area contributed by atoms with Crippen LogP contribution < -0.4 is 5.32 Å². The summed E-state index contributed by atoms with van der Waals surface area (Å²) in [5, 5.41) is 4.33. The van der Waals surface area contributed by atoms with E-state index in [1.165, 1.54) is 25.9 Å². The molecule has 19 heavy (non-hydrogen) atoms. The number of rotatable bonds is 2. The summed E-state index contributed by atoms with van der Waals surface area (Å²) >= 11 is 6.10. The molecule has 110 valence electrons. The Morgan fingerprint density at radius 2 is 1.58 bits per heavy atom. The van der Waals surface area contributed by atoms with Gasteiger partial charge in [0.1, 0.15) is 0 Å². The molecule has 1 heterocycles. The number of hydrogen-bond donors (Lipinski definition) is 1. The number of nitrogens with one attached hydrogen (secondary N) is 1. The van der Waals surface area contributed by atoms with Crippen molar-refractivity contribution < 1.29 is 0 Å². The molecular formula is C16H29ClN2. The van der Waals surface area contributed by atoms with E-state index in [2.05, 4.69) is 17.3 Å². The molecule has 1 fully saturated rings. The highest BCUT2D eigenvalue weighted by molar-refractivity contribution is 6.33. The number of piperidine rings is 1. The maximum atomic E-state index is 6.10. The van der Waals surface area contributed by atoms with Crippen LogP contribution in [0.4, 0.5) is 5.69 Å². The average Bonchev–Trinajstić information content (AvgIpc) is 2.48. The Labute approximate surface area is 124 Å². The Kier molecular flexibility index (Phi) is 10.7. The van der Waals surface area contributed by atoms with E-state index in [0.29, 0.717) is 6.04 Å². The second-order valence-corrected chi connectivity index (χ2v) is 4.61. The van der Waals surface area contributed by atoms with Gasteiger partial charge < -0.3 is 10.2 Å². The minimum Gasteiger partial charge on any atom is -0.381 e. The van der Waals surface area contributed by atoms with Gasteiger partial charge in [-0.2, -0.15) is 0 Å². The smallest absolute Gasteiger partial charge is 0.0637 e. The molecule has 1 saturated heterocycles. The zero-order valence-corrected chi connectivity index (χ0v) is 13.8. The van der Waals surface area contributed by atoms with Crippen molar-refractivity contribution in [1.82, 2.24) is 4.90 Å². The van der Waals surface area contributed by atoms with Crippen LogP contribution in [0.5, 0.6) is 0 Å². The fourth-order valence-electron chi connectivity index (χ4n) is 1.95. The first kappa shape index (κ1) is 18.3. The fraction of sp³-hybridized carbons (Fsp3) is 0.625. The monoisotopic (exact) mass is 284 g/mol. The predicted molar refractivity (Wildman–Crippen MR) is 88.3 cm³/mol. The van der Waals surface area contributed by atoms with Gasteiger partial charge in [-0.25, -0.2) is 0 Å². The van der Waals surface area contributed by atoms with E-state index in [1.807, 2.05) is 52.0 Å². The molecule has 0 saturated carbocycles. The van der Waals surface area contributed by atoms with E-state index in [0.717, 1.165) is 10.7 Å². The SMILES string of the molecule is CC.CC.CN1CCC(Nc2ccccc2Cl)CC1. The Bertz CT molecular complexity index is 320. The molecule has 0 atom stereocenters. The number of para-hydroxylation sites is 1. The largest absolute Gasteiger partial charge is 0.381 e. The van der Waals surface area contributed by atoms with Crippen molar-refractivity contribution in [2.45, 2.75) is 46.6 Å². The molecule has 0 aromatic heterocycles. The lowest BCUT2D eigenvalue weighted by atomic mass is 10.1. The summed E-state index contributed by atoms with van der Waals surface area (Å²) in [5.74, 6) is 0. The van der Waals surface area contributed by atoms with Crippen LogP contribution in [0, 0.1) is 0 Å². The molecule has 0 bridgehead atoms. The second kappa shape index (κ2) is 11.1. The molecule has 2 rings (SSSR count). The van der Waals surface area contributed by atoms with Crippen molar-refractivity contribution >= 4 is 17.3 Å². The normalized spacial score (nSPS) is 15.7. The van der Waals surface area contributed by atoms with Crippen LogP contribution in [-0.4, -0.2) is 31.1 Å². The van der Waals surface area contributed by atoms with Crippen molar-refractivity contribution in [3.8, 4) is 0 Å². The molecule has 1 N–H and O–H groups in total. The molecule has 1 aromatic carbocycles. The highest BCUT2D eigenvalue weighted by Gasteiger charge is 2.16. The summed E-state index contributed by atoms with van der Waals surface area (Å²) in [7, 11) is 2.17. The molecule has 1 aromatic rings. The first-order chi connectivity index (χ1) is 9.25. The van der Waals surface area contributed by atoms with Crippen molar-refractivity contribution in [3.63, 3.8) is 0 Å². The first-order valence-corrected chi connectivity index (χ1v) is 7.83. The zero-order chi connectivity index (χ0) is 14.7. The van der Waals surface area contributed by atoms with Crippen LogP contribution in [0.1, 0.15) is 40.5 Å². The third-order valence-corrected chi connectivity index (χ3v) is 3.28. The van der Waals surface area contributed by atoms with Gasteiger partial charge in [0, 0.05) is 6.04 Å². The van der Waals surface area contributed by atoms with Gasteiger partial charge in [-0.05, 0) is 45.1 Å². The second-order valence-electron chi connectivity index (χ2n) is 4.20. The van der Waals surface area contributed by atoms with Gasteiger partial charge in [0.25, 0.3) is 0 Å². The average molecular weight is 285 g/mol. The van der Waals surface area contributed by atoms with Gasteiger partial charge in [0.15, 0.2) is 0 Å². The molecule has 2 nitrogen and oxygen atoms in total. The third-order valence-electron chi connectivity index (χ3n) is 2.95. The fourth-order valence-corrected chi connectivity index (χ4v) is 2.14. The van der Waals surface area contributed by atoms with Gasteiger partial charge in [0.05, 0.1) is 10.7 Å². The maximum Gasteiger partial charge on any atom is 0.0637 e. The van der Waals surface area contributed by atoms with E-state index in [1.54, 1.807) is 0 Å². The standard InChI is InChI=1S/C12H17ClN2.2C2H6/c1-15-8-6-10(7-9-15)14-12-5-3-2-4-11(12)13;2*1-2/h2-5,10,14H,6-9H2,1H3;2*1-2H3. The van der Waals surface area contributed by atoms with Crippen LogP contribution in [0.3, 0.4) is 0 Å². The number of hydrogen-bond acceptors (Lipinski definition) is 2. The molecule has 1 aliphatic rings. The summed E-state index contributed by atoms with van der Waals surface area (Å²) in [4.78, 5) is 2.37. The Morgan fingerprint density at radius 1 is 1.05 bits per heavy atom. The molecule has 0 unspecified atom stereocenters. The van der Waals surface area contributed by atoms with Crippen molar-refractivity contribution in [2.75, 3.05) is 25.5 Å². The van der Waals surface area contributed by atoms with Crippen LogP contribution in [0.15, 0.2) is 24.3 Å². The summed E-state index contributed by atoms with van der Waals surface area (Å²) in [6.07, 6.45) is 2.39. The van der Waals surface area contributed by atoms with Crippen LogP contribution in [0.25, 0.3) is 0 Å². The molecule has 0 spiro atoms. The lowest BCUT2D eigenvalue weighted by molar-refractivity contribution is 0.264. The Morgan fingerprint density at radius 3 is 2.11 bits per heavy atom. The number of benzene rings is 1. The summed E-state index contributed by atoms with van der Waals surface area (Å²) in [5.41, 5.74) is 1.06. The molecule has 0 aliphatic carbocycles. The van der Waals surface area contributed by atoms with E-state index >= 15 is 0 Å². The van der Waals surface area contributed by atoms with E-state index in [9.17, 15) is 0 Å². The van der Waals surface area contributed by atoms with Crippen molar-refractivity contribution in [2.24, 2.45) is 0 Å². The van der Waals surface area contributed by atoms with Crippen molar-refractivity contribution in [1.29, 1.82) is 0 Å². The van der Waals surface area contributed by atoms with Gasteiger partial charge in [-0.1, -0.05) is 51.4 Å². The number of nitrogens with zero attached hydrogens (tertiary/aromatic N) is 1. The minimum atomic E-state index is 0.570. The van der Waals surface area contributed by atoms with Crippen molar-refractivity contribution in [3.05, 3.63) is 29.3 Å². The van der Waals surface area contributed by atoms with E-state index in [-0.39, 0.29) is 0 Å². The van der Waals surface area contributed by atoms with Gasteiger partial charge in [-0.3, -0.25) is 0 Å². The minimum absolute atomic E-state index is 0.570. The summed E-state index contributed by atoms with van der Waals surface area (Å²) in [6, 6.07) is 8.52. The lowest BCUT2D eigenvalue weighted by Gasteiger charge is -2.30.